The van der Waals surface area contributed by atoms with Crippen LogP contribution in [-0.4, -0.2) is 32.7 Å². The molecule has 0 unspecified atom stereocenters. The third-order valence-electron chi connectivity index (χ3n) is 4.96. The summed E-state index contributed by atoms with van der Waals surface area (Å²) in [6.45, 7) is -0.669. The van der Waals surface area contributed by atoms with E-state index in [-0.39, 0.29) is 5.56 Å². The molecule has 1 N–H and O–H groups in total. The highest BCUT2D eigenvalue weighted by molar-refractivity contribution is 5.91. The van der Waals surface area contributed by atoms with Gasteiger partial charge in [0.15, 0.2) is 6.61 Å². The third-order valence-corrected chi connectivity index (χ3v) is 4.96. The molecule has 0 spiro atoms. The molecule has 3 aromatic rings. The van der Waals surface area contributed by atoms with Crippen LogP contribution in [0.15, 0.2) is 72.8 Å². The first-order chi connectivity index (χ1) is 16.2. The molecule has 0 aliphatic rings. The number of halogens is 3. The standard InChI is InChI=1S/C25H22F3NO5/c1-32-20-10-6-16(7-11-20)23(17-8-12-21(33-2)13-9-17)29-22(30)15-34-24(31)18-4-3-5-19(14-18)25(26,27)28/h3-14,23H,15H2,1-2H3,(H,29,30). The number of hydrogen-bond acceptors (Lipinski definition) is 5. The molecule has 9 heteroatoms. The van der Waals surface area contributed by atoms with E-state index in [1.165, 1.54) is 20.3 Å². The van der Waals surface area contributed by atoms with Crippen molar-refractivity contribution in [3.8, 4) is 11.5 Å². The first kappa shape index (κ1) is 24.6. The molecule has 0 fully saturated rings. The molecule has 0 heterocycles. The van der Waals surface area contributed by atoms with Gasteiger partial charge in [-0.25, -0.2) is 4.79 Å². The number of alkyl halides is 3. The lowest BCUT2D eigenvalue weighted by Crippen LogP contribution is -2.33. The van der Waals surface area contributed by atoms with Crippen molar-refractivity contribution >= 4 is 11.9 Å². The number of amides is 1. The predicted octanol–water partition coefficient (Wildman–Crippen LogP) is 4.79. The molecule has 0 atom stereocenters. The number of ether oxygens (including phenoxy) is 3. The summed E-state index contributed by atoms with van der Waals surface area (Å²) in [5.41, 5.74) is 0.196. The average Bonchev–Trinajstić information content (AvgIpc) is 2.85. The summed E-state index contributed by atoms with van der Waals surface area (Å²) in [5, 5.41) is 2.79. The topological polar surface area (TPSA) is 73.9 Å². The van der Waals surface area contributed by atoms with Gasteiger partial charge in [0.1, 0.15) is 11.5 Å². The molecule has 0 saturated carbocycles. The van der Waals surface area contributed by atoms with Gasteiger partial charge in [-0.2, -0.15) is 13.2 Å². The monoisotopic (exact) mass is 473 g/mol. The van der Waals surface area contributed by atoms with E-state index in [1.807, 2.05) is 0 Å². The van der Waals surface area contributed by atoms with E-state index in [1.54, 1.807) is 48.5 Å². The number of methoxy groups -OCH3 is 2. The van der Waals surface area contributed by atoms with Crippen molar-refractivity contribution in [1.29, 1.82) is 0 Å². The van der Waals surface area contributed by atoms with Crippen LogP contribution in [0.1, 0.15) is 33.1 Å². The van der Waals surface area contributed by atoms with Gasteiger partial charge in [0, 0.05) is 0 Å². The van der Waals surface area contributed by atoms with Gasteiger partial charge in [-0.05, 0) is 53.6 Å². The lowest BCUT2D eigenvalue weighted by atomic mass is 9.98. The van der Waals surface area contributed by atoms with Gasteiger partial charge in [0.25, 0.3) is 5.91 Å². The quantitative estimate of drug-likeness (QED) is 0.477. The van der Waals surface area contributed by atoms with Crippen LogP contribution in [0.25, 0.3) is 0 Å². The molecule has 3 aromatic carbocycles. The van der Waals surface area contributed by atoms with Crippen molar-refractivity contribution < 1.29 is 37.0 Å². The second-order valence-electron chi connectivity index (χ2n) is 7.20. The molecular weight excluding hydrogens is 451 g/mol. The molecule has 3 rings (SSSR count). The smallest absolute Gasteiger partial charge is 0.416 e. The Balaban J connectivity index is 1.73. The van der Waals surface area contributed by atoms with Crippen LogP contribution in [0.2, 0.25) is 0 Å². The number of carbonyl (C=O) groups is 2. The fourth-order valence-electron chi connectivity index (χ4n) is 3.19. The molecular formula is C25H22F3NO5. The third kappa shape index (κ3) is 6.28. The molecule has 0 aliphatic heterocycles. The number of benzene rings is 3. The molecule has 0 aliphatic carbocycles. The molecule has 0 bridgehead atoms. The maximum absolute atomic E-state index is 12.9. The number of hydrogen-bond donors (Lipinski definition) is 1. The summed E-state index contributed by atoms with van der Waals surface area (Å²) in [4.78, 5) is 24.8. The highest BCUT2D eigenvalue weighted by Gasteiger charge is 2.31. The summed E-state index contributed by atoms with van der Waals surface area (Å²) >= 11 is 0. The maximum Gasteiger partial charge on any atom is 0.416 e. The van der Waals surface area contributed by atoms with Crippen LogP contribution >= 0.6 is 0 Å². The fourth-order valence-corrected chi connectivity index (χ4v) is 3.19. The zero-order valence-electron chi connectivity index (χ0n) is 18.4. The van der Waals surface area contributed by atoms with Crippen molar-refractivity contribution in [2.75, 3.05) is 20.8 Å². The van der Waals surface area contributed by atoms with E-state index in [9.17, 15) is 22.8 Å². The largest absolute Gasteiger partial charge is 0.497 e. The molecule has 1 amide bonds. The molecule has 0 saturated heterocycles. The summed E-state index contributed by atoms with van der Waals surface area (Å²) in [5.74, 6) is -0.388. The highest BCUT2D eigenvalue weighted by Crippen LogP contribution is 2.30. The molecule has 6 nitrogen and oxygen atoms in total. The number of nitrogens with one attached hydrogen (secondary N) is 1. The zero-order valence-corrected chi connectivity index (χ0v) is 18.4. The molecule has 0 aromatic heterocycles. The van der Waals surface area contributed by atoms with Crippen LogP contribution < -0.4 is 14.8 Å². The highest BCUT2D eigenvalue weighted by atomic mass is 19.4. The zero-order chi connectivity index (χ0) is 24.7. The van der Waals surface area contributed by atoms with Crippen LogP contribution in [0.3, 0.4) is 0 Å². The average molecular weight is 473 g/mol. The first-order valence-corrected chi connectivity index (χ1v) is 10.1. The van der Waals surface area contributed by atoms with E-state index in [0.717, 1.165) is 23.3 Å². The SMILES string of the molecule is COc1ccc(C(NC(=O)COC(=O)c2cccc(C(F)(F)F)c2)c2ccc(OC)cc2)cc1. The number of rotatable bonds is 8. The molecule has 34 heavy (non-hydrogen) atoms. The van der Waals surface area contributed by atoms with Gasteiger partial charge >= 0.3 is 12.1 Å². The summed E-state index contributed by atoms with van der Waals surface area (Å²) in [6.07, 6.45) is -4.60. The van der Waals surface area contributed by atoms with Crippen molar-refractivity contribution in [2.24, 2.45) is 0 Å². The van der Waals surface area contributed by atoms with E-state index < -0.39 is 36.3 Å². The van der Waals surface area contributed by atoms with Gasteiger partial charge in [-0.1, -0.05) is 30.3 Å². The Kier molecular flexibility index (Phi) is 7.78. The molecule has 0 radical (unpaired) electrons. The van der Waals surface area contributed by atoms with Crippen LogP contribution in [0, 0.1) is 0 Å². The predicted molar refractivity (Wildman–Crippen MR) is 118 cm³/mol. The minimum atomic E-state index is -4.60. The van der Waals surface area contributed by atoms with E-state index in [0.29, 0.717) is 17.6 Å². The lowest BCUT2D eigenvalue weighted by molar-refractivity contribution is -0.137. The van der Waals surface area contributed by atoms with Crippen molar-refractivity contribution in [3.63, 3.8) is 0 Å². The summed E-state index contributed by atoms with van der Waals surface area (Å²) in [7, 11) is 3.08. The summed E-state index contributed by atoms with van der Waals surface area (Å²) < 4.78 is 53.9. The van der Waals surface area contributed by atoms with Crippen LogP contribution in [-0.2, 0) is 15.7 Å². The van der Waals surface area contributed by atoms with Crippen LogP contribution in [0.4, 0.5) is 13.2 Å². The van der Waals surface area contributed by atoms with E-state index in [2.05, 4.69) is 5.32 Å². The normalized spacial score (nSPS) is 11.1. The first-order valence-electron chi connectivity index (χ1n) is 10.1. The summed E-state index contributed by atoms with van der Waals surface area (Å²) in [6, 6.07) is 17.3. The maximum atomic E-state index is 12.9. The molecule has 178 valence electrons. The van der Waals surface area contributed by atoms with Gasteiger partial charge in [-0.15, -0.1) is 0 Å². The Bertz CT molecular complexity index is 1080. The Morgan fingerprint density at radius 1 is 0.853 bits per heavy atom. The minimum Gasteiger partial charge on any atom is -0.497 e. The van der Waals surface area contributed by atoms with Crippen molar-refractivity contribution in [1.82, 2.24) is 5.32 Å². The van der Waals surface area contributed by atoms with Crippen molar-refractivity contribution in [2.45, 2.75) is 12.2 Å². The van der Waals surface area contributed by atoms with Crippen molar-refractivity contribution in [3.05, 3.63) is 95.1 Å². The van der Waals surface area contributed by atoms with Gasteiger partial charge in [0.05, 0.1) is 31.4 Å². The van der Waals surface area contributed by atoms with Gasteiger partial charge in [0.2, 0.25) is 0 Å². The number of esters is 1. The van der Waals surface area contributed by atoms with Gasteiger partial charge < -0.3 is 19.5 Å². The Morgan fingerprint density at radius 2 is 1.38 bits per heavy atom. The van der Waals surface area contributed by atoms with Gasteiger partial charge in [-0.3, -0.25) is 4.79 Å². The van der Waals surface area contributed by atoms with Crippen LogP contribution in [0.5, 0.6) is 11.5 Å². The van der Waals surface area contributed by atoms with E-state index in [4.69, 9.17) is 14.2 Å². The second kappa shape index (κ2) is 10.7. The Morgan fingerprint density at radius 3 is 1.85 bits per heavy atom. The number of carbonyl (C=O) groups excluding carboxylic acids is 2. The fraction of sp³-hybridized carbons (Fsp3) is 0.200. The second-order valence-corrected chi connectivity index (χ2v) is 7.20. The Hall–Kier alpha value is -4.01. The van der Waals surface area contributed by atoms with E-state index >= 15 is 0 Å². The minimum absolute atomic E-state index is 0.301. The Labute approximate surface area is 194 Å². The lowest BCUT2D eigenvalue weighted by Gasteiger charge is -2.20.